The smallest absolute Gasteiger partial charge is 0.416 e. The number of hydrogen-bond acceptors (Lipinski definition) is 4. The van der Waals surface area contributed by atoms with Gasteiger partial charge in [-0.1, -0.05) is 23.7 Å². The fraction of sp³-hybridized carbons (Fsp3) is 0.231. The van der Waals surface area contributed by atoms with Crippen molar-refractivity contribution >= 4 is 29.0 Å². The Labute approximate surface area is 205 Å². The zero-order valence-corrected chi connectivity index (χ0v) is 19.3. The normalized spacial score (nSPS) is 15.8. The summed E-state index contributed by atoms with van der Waals surface area (Å²) in [5, 5.41) is 0.560. The molecule has 35 heavy (non-hydrogen) atoms. The molecule has 1 fully saturated rings. The fourth-order valence-electron chi connectivity index (χ4n) is 4.25. The molecule has 180 valence electrons. The number of halogens is 4. The fourth-order valence-corrected chi connectivity index (χ4v) is 4.37. The summed E-state index contributed by atoms with van der Waals surface area (Å²) in [4.78, 5) is 21.4. The number of alkyl halides is 3. The first-order valence-electron chi connectivity index (χ1n) is 11.2. The average Bonchev–Trinajstić information content (AvgIpc) is 3.18. The van der Waals surface area contributed by atoms with Crippen molar-refractivity contribution in [2.75, 3.05) is 26.2 Å². The van der Waals surface area contributed by atoms with E-state index in [0.717, 1.165) is 12.1 Å². The number of aliphatic imine (C=N–C) groups is 1. The van der Waals surface area contributed by atoms with Gasteiger partial charge in [-0.15, -0.1) is 0 Å². The Hall–Kier alpha value is -3.52. The van der Waals surface area contributed by atoms with Gasteiger partial charge in [-0.05, 0) is 61.0 Å². The van der Waals surface area contributed by atoms with Crippen molar-refractivity contribution in [2.24, 2.45) is 4.99 Å². The number of hydrogen-bond donors (Lipinski definition) is 0. The second-order valence-electron chi connectivity index (χ2n) is 8.35. The predicted octanol–water partition coefficient (Wildman–Crippen LogP) is 6.39. The van der Waals surface area contributed by atoms with Gasteiger partial charge in [0.2, 0.25) is 0 Å². The van der Waals surface area contributed by atoms with Crippen LogP contribution in [0.3, 0.4) is 0 Å². The van der Waals surface area contributed by atoms with Crippen LogP contribution >= 0.6 is 11.6 Å². The number of rotatable bonds is 1. The Morgan fingerprint density at radius 3 is 2.46 bits per heavy atom. The quantitative estimate of drug-likeness (QED) is 0.389. The van der Waals surface area contributed by atoms with Gasteiger partial charge in [-0.2, -0.15) is 13.2 Å². The molecule has 5 rings (SSSR count). The second-order valence-corrected chi connectivity index (χ2v) is 8.79. The third-order valence-electron chi connectivity index (χ3n) is 6.03. The monoisotopic (exact) mass is 499 g/mol. The number of benzene rings is 3. The summed E-state index contributed by atoms with van der Waals surface area (Å²) in [5.74, 6) is 1.22. The molecule has 0 bridgehead atoms. The van der Waals surface area contributed by atoms with Crippen LogP contribution in [0.5, 0.6) is 11.5 Å². The van der Waals surface area contributed by atoms with E-state index in [4.69, 9.17) is 16.3 Å². The summed E-state index contributed by atoms with van der Waals surface area (Å²) >= 11 is 5.94. The molecule has 3 aromatic rings. The first kappa shape index (κ1) is 23.2. The van der Waals surface area contributed by atoms with E-state index in [1.54, 1.807) is 41.3 Å². The molecule has 2 aliphatic rings. The van der Waals surface area contributed by atoms with Crippen molar-refractivity contribution in [3.63, 3.8) is 0 Å². The zero-order valence-electron chi connectivity index (χ0n) is 18.6. The van der Waals surface area contributed by atoms with E-state index in [0.29, 0.717) is 60.3 Å². The topological polar surface area (TPSA) is 45.1 Å². The lowest BCUT2D eigenvalue weighted by molar-refractivity contribution is -0.137. The molecule has 0 saturated carbocycles. The molecular formula is C26H21ClF3N3O2. The number of para-hydroxylation sites is 1. The van der Waals surface area contributed by atoms with Crippen LogP contribution in [0.4, 0.5) is 18.9 Å². The maximum Gasteiger partial charge on any atom is 0.416 e. The minimum Gasteiger partial charge on any atom is -0.454 e. The predicted molar refractivity (Wildman–Crippen MR) is 128 cm³/mol. The van der Waals surface area contributed by atoms with Crippen LogP contribution in [0, 0.1) is 0 Å². The Bertz CT molecular complexity index is 1290. The van der Waals surface area contributed by atoms with Gasteiger partial charge in [0.15, 0.2) is 5.75 Å². The molecule has 0 spiro atoms. The molecular weight excluding hydrogens is 479 g/mol. The average molecular weight is 500 g/mol. The minimum atomic E-state index is -4.49. The molecule has 0 radical (unpaired) electrons. The summed E-state index contributed by atoms with van der Waals surface area (Å²) in [7, 11) is 0. The van der Waals surface area contributed by atoms with Crippen LogP contribution in [0.15, 0.2) is 71.7 Å². The molecule has 9 heteroatoms. The summed E-state index contributed by atoms with van der Waals surface area (Å²) < 4.78 is 46.1. The SMILES string of the molecule is O=C(c1ccc(Cl)cc1)N1CCCN(C2=Nc3cc(C(F)(F)F)ccc3Oc3ccccc32)CC1. The molecule has 0 aromatic heterocycles. The Morgan fingerprint density at radius 1 is 0.914 bits per heavy atom. The highest BCUT2D eigenvalue weighted by Gasteiger charge is 2.32. The van der Waals surface area contributed by atoms with Crippen molar-refractivity contribution in [2.45, 2.75) is 12.6 Å². The van der Waals surface area contributed by atoms with Crippen molar-refractivity contribution in [1.82, 2.24) is 9.80 Å². The number of fused-ring (bicyclic) bond motifs is 2. The Morgan fingerprint density at radius 2 is 1.69 bits per heavy atom. The van der Waals surface area contributed by atoms with E-state index in [2.05, 4.69) is 4.99 Å². The maximum atomic E-state index is 13.4. The highest BCUT2D eigenvalue weighted by atomic mass is 35.5. The number of nitrogens with zero attached hydrogens (tertiary/aromatic N) is 3. The maximum absolute atomic E-state index is 13.4. The first-order chi connectivity index (χ1) is 16.8. The lowest BCUT2D eigenvalue weighted by Gasteiger charge is -2.25. The molecule has 0 N–H and O–H groups in total. The standard InChI is InChI=1S/C26H21ClF3N3O2/c27-19-9-6-17(7-10-19)25(34)33-13-3-12-32(14-15-33)24-20-4-1-2-5-22(20)35-23-11-8-18(26(28,29)30)16-21(23)31-24/h1-2,4-11,16H,3,12-15H2. The number of amidine groups is 1. The summed E-state index contributed by atoms with van der Waals surface area (Å²) in [6.45, 7) is 2.06. The molecule has 0 unspecified atom stereocenters. The molecule has 3 aromatic carbocycles. The van der Waals surface area contributed by atoms with E-state index >= 15 is 0 Å². The molecule has 1 amide bonds. The van der Waals surface area contributed by atoms with Gasteiger partial charge in [0.05, 0.1) is 11.1 Å². The largest absolute Gasteiger partial charge is 0.454 e. The van der Waals surface area contributed by atoms with E-state index in [1.165, 1.54) is 6.07 Å². The summed E-state index contributed by atoms with van der Waals surface area (Å²) in [6, 6.07) is 17.3. The molecule has 2 heterocycles. The van der Waals surface area contributed by atoms with Crippen molar-refractivity contribution in [1.29, 1.82) is 0 Å². The van der Waals surface area contributed by atoms with Crippen LogP contribution < -0.4 is 4.74 Å². The number of carbonyl (C=O) groups is 1. The lowest BCUT2D eigenvalue weighted by Crippen LogP contribution is -2.37. The highest BCUT2D eigenvalue weighted by Crippen LogP contribution is 2.41. The Balaban J connectivity index is 1.46. The molecule has 2 aliphatic heterocycles. The van der Waals surface area contributed by atoms with Crippen LogP contribution in [0.2, 0.25) is 5.02 Å². The molecule has 0 aliphatic carbocycles. The molecule has 0 atom stereocenters. The third-order valence-corrected chi connectivity index (χ3v) is 6.29. The van der Waals surface area contributed by atoms with E-state index in [9.17, 15) is 18.0 Å². The number of ether oxygens (including phenoxy) is 1. The van der Waals surface area contributed by atoms with E-state index < -0.39 is 11.7 Å². The van der Waals surface area contributed by atoms with Crippen LogP contribution in [-0.2, 0) is 6.18 Å². The van der Waals surface area contributed by atoms with E-state index in [1.807, 2.05) is 17.0 Å². The molecule has 5 nitrogen and oxygen atoms in total. The van der Waals surface area contributed by atoms with Crippen LogP contribution in [-0.4, -0.2) is 47.7 Å². The van der Waals surface area contributed by atoms with Crippen LogP contribution in [0.25, 0.3) is 0 Å². The van der Waals surface area contributed by atoms with Gasteiger partial charge in [0.25, 0.3) is 5.91 Å². The number of carbonyl (C=O) groups excluding carboxylic acids is 1. The van der Waals surface area contributed by atoms with Gasteiger partial charge in [-0.3, -0.25) is 4.79 Å². The van der Waals surface area contributed by atoms with Gasteiger partial charge >= 0.3 is 6.18 Å². The van der Waals surface area contributed by atoms with E-state index in [-0.39, 0.29) is 17.3 Å². The van der Waals surface area contributed by atoms with Crippen molar-refractivity contribution in [3.05, 3.63) is 88.4 Å². The zero-order chi connectivity index (χ0) is 24.6. The van der Waals surface area contributed by atoms with Gasteiger partial charge in [-0.25, -0.2) is 4.99 Å². The Kier molecular flexibility index (Phi) is 6.15. The van der Waals surface area contributed by atoms with Crippen molar-refractivity contribution < 1.29 is 22.7 Å². The third kappa shape index (κ3) is 4.84. The molecule has 1 saturated heterocycles. The summed E-state index contributed by atoms with van der Waals surface area (Å²) in [6.07, 6.45) is -3.81. The highest BCUT2D eigenvalue weighted by molar-refractivity contribution is 6.30. The minimum absolute atomic E-state index is 0.0878. The van der Waals surface area contributed by atoms with Gasteiger partial charge < -0.3 is 14.5 Å². The van der Waals surface area contributed by atoms with Crippen molar-refractivity contribution in [3.8, 4) is 11.5 Å². The first-order valence-corrected chi connectivity index (χ1v) is 11.5. The van der Waals surface area contributed by atoms with Gasteiger partial charge in [0.1, 0.15) is 17.3 Å². The summed E-state index contributed by atoms with van der Waals surface area (Å²) in [5.41, 5.74) is 0.575. The lowest BCUT2D eigenvalue weighted by atomic mass is 10.1. The second kappa shape index (κ2) is 9.26. The number of amides is 1. The van der Waals surface area contributed by atoms with Crippen LogP contribution in [0.1, 0.15) is 27.9 Å². The van der Waals surface area contributed by atoms with Gasteiger partial charge in [0, 0.05) is 36.8 Å².